The van der Waals surface area contributed by atoms with Crippen molar-refractivity contribution in [3.05, 3.63) is 64.9 Å². The van der Waals surface area contributed by atoms with Crippen LogP contribution in [0.3, 0.4) is 0 Å². The molecule has 3 amide bonds. The molecule has 1 N–H and O–H groups in total. The Bertz CT molecular complexity index is 1130. The second kappa shape index (κ2) is 9.19. The van der Waals surface area contributed by atoms with Crippen LogP contribution >= 0.6 is 0 Å². The summed E-state index contributed by atoms with van der Waals surface area (Å²) in [6, 6.07) is 12.7. The number of benzene rings is 2. The van der Waals surface area contributed by atoms with Crippen molar-refractivity contribution in [3.8, 4) is 0 Å². The number of anilines is 2. The molecule has 7 heteroatoms. The molecular formula is C26H30N4O3. The third-order valence-electron chi connectivity index (χ3n) is 6.44. The van der Waals surface area contributed by atoms with Gasteiger partial charge in [0.15, 0.2) is 0 Å². The first-order valence-corrected chi connectivity index (χ1v) is 11.4. The standard InChI is InChI=1S/C26H30N4O3/c1-5-28-12-14-29(15-13-28)24-23(20-7-6-17(2)18(3)16-20)25(32)30(26(24)33)22-10-8-21(9-11-22)27-19(4)31/h6-11,16H,5,12-15H2,1-4H3,(H,27,31). The lowest BCUT2D eigenvalue weighted by Gasteiger charge is -2.36. The van der Waals surface area contributed by atoms with E-state index in [9.17, 15) is 14.4 Å². The van der Waals surface area contributed by atoms with E-state index in [0.717, 1.165) is 36.3 Å². The average molecular weight is 447 g/mol. The van der Waals surface area contributed by atoms with Crippen molar-refractivity contribution in [2.24, 2.45) is 0 Å². The van der Waals surface area contributed by atoms with E-state index in [-0.39, 0.29) is 17.7 Å². The first-order valence-electron chi connectivity index (χ1n) is 11.4. The summed E-state index contributed by atoms with van der Waals surface area (Å²) >= 11 is 0. The number of nitrogens with zero attached hydrogens (tertiary/aromatic N) is 3. The zero-order chi connectivity index (χ0) is 23.7. The molecule has 1 saturated heterocycles. The van der Waals surface area contributed by atoms with Gasteiger partial charge < -0.3 is 15.1 Å². The molecule has 0 radical (unpaired) electrons. The number of hydrogen-bond acceptors (Lipinski definition) is 5. The number of nitrogens with one attached hydrogen (secondary N) is 1. The number of carbonyl (C=O) groups excluding carboxylic acids is 3. The van der Waals surface area contributed by atoms with Gasteiger partial charge in [0.1, 0.15) is 5.70 Å². The fraction of sp³-hybridized carbons (Fsp3) is 0.346. The molecule has 2 aromatic rings. The van der Waals surface area contributed by atoms with Crippen molar-refractivity contribution >= 4 is 34.7 Å². The molecule has 7 nitrogen and oxygen atoms in total. The van der Waals surface area contributed by atoms with Crippen molar-refractivity contribution in [1.82, 2.24) is 9.80 Å². The van der Waals surface area contributed by atoms with Gasteiger partial charge in [-0.3, -0.25) is 14.4 Å². The Morgan fingerprint density at radius 2 is 1.58 bits per heavy atom. The molecule has 4 rings (SSSR count). The van der Waals surface area contributed by atoms with Gasteiger partial charge in [-0.1, -0.05) is 25.1 Å². The highest BCUT2D eigenvalue weighted by Crippen LogP contribution is 2.36. The fourth-order valence-corrected chi connectivity index (χ4v) is 4.39. The fourth-order valence-electron chi connectivity index (χ4n) is 4.39. The topological polar surface area (TPSA) is 73.0 Å². The van der Waals surface area contributed by atoms with Gasteiger partial charge in [0.25, 0.3) is 11.8 Å². The van der Waals surface area contributed by atoms with Crippen LogP contribution < -0.4 is 10.2 Å². The summed E-state index contributed by atoms with van der Waals surface area (Å²) in [6.07, 6.45) is 0. The van der Waals surface area contributed by atoms with Crippen LogP contribution in [0.2, 0.25) is 0 Å². The van der Waals surface area contributed by atoms with Crippen LogP contribution in [0.4, 0.5) is 11.4 Å². The Balaban J connectivity index is 1.74. The monoisotopic (exact) mass is 446 g/mol. The van der Waals surface area contributed by atoms with Crippen molar-refractivity contribution in [2.45, 2.75) is 27.7 Å². The number of hydrogen-bond donors (Lipinski definition) is 1. The van der Waals surface area contributed by atoms with Crippen LogP contribution in [0.1, 0.15) is 30.5 Å². The number of likely N-dealkylation sites (N-methyl/N-ethyl adjacent to an activating group) is 1. The minimum absolute atomic E-state index is 0.178. The van der Waals surface area contributed by atoms with Gasteiger partial charge >= 0.3 is 0 Å². The molecule has 0 unspecified atom stereocenters. The first kappa shape index (κ1) is 22.7. The van der Waals surface area contributed by atoms with Gasteiger partial charge in [-0.05, 0) is 61.3 Å². The minimum Gasteiger partial charge on any atom is -0.364 e. The van der Waals surface area contributed by atoms with Gasteiger partial charge in [-0.25, -0.2) is 4.90 Å². The summed E-state index contributed by atoms with van der Waals surface area (Å²) in [6.45, 7) is 11.7. The Kier molecular flexibility index (Phi) is 6.33. The van der Waals surface area contributed by atoms with Gasteiger partial charge in [0.2, 0.25) is 5.91 Å². The predicted molar refractivity (Wildman–Crippen MR) is 130 cm³/mol. The largest absolute Gasteiger partial charge is 0.364 e. The summed E-state index contributed by atoms with van der Waals surface area (Å²) in [7, 11) is 0. The van der Waals surface area contributed by atoms with E-state index in [1.807, 2.05) is 32.0 Å². The van der Waals surface area contributed by atoms with Crippen LogP contribution in [0, 0.1) is 13.8 Å². The summed E-state index contributed by atoms with van der Waals surface area (Å²) in [5.74, 6) is -0.794. The van der Waals surface area contributed by atoms with Crippen LogP contribution in [0.25, 0.3) is 5.57 Å². The first-order chi connectivity index (χ1) is 15.8. The number of piperazine rings is 1. The third-order valence-corrected chi connectivity index (χ3v) is 6.44. The molecule has 2 aliphatic heterocycles. The van der Waals surface area contributed by atoms with Gasteiger partial charge in [0.05, 0.1) is 11.3 Å². The summed E-state index contributed by atoms with van der Waals surface area (Å²) < 4.78 is 0. The summed E-state index contributed by atoms with van der Waals surface area (Å²) in [4.78, 5) is 44.4. The molecule has 1 fully saturated rings. The number of rotatable bonds is 5. The number of carbonyl (C=O) groups is 3. The second-order valence-corrected chi connectivity index (χ2v) is 8.62. The van der Waals surface area contributed by atoms with Crippen LogP contribution in [-0.4, -0.2) is 60.2 Å². The number of amides is 3. The molecule has 2 aliphatic rings. The van der Waals surface area contributed by atoms with E-state index in [1.54, 1.807) is 24.3 Å². The van der Waals surface area contributed by atoms with Gasteiger partial charge in [-0.2, -0.15) is 0 Å². The molecule has 0 bridgehead atoms. The Labute approximate surface area is 194 Å². The Morgan fingerprint density at radius 3 is 2.15 bits per heavy atom. The van der Waals surface area contributed by atoms with Gasteiger partial charge in [0, 0.05) is 38.8 Å². The smallest absolute Gasteiger partial charge is 0.282 e. The van der Waals surface area contributed by atoms with Crippen LogP contribution in [-0.2, 0) is 14.4 Å². The second-order valence-electron chi connectivity index (χ2n) is 8.62. The molecule has 172 valence electrons. The lowest BCUT2D eigenvalue weighted by molar-refractivity contribution is -0.121. The average Bonchev–Trinajstić information content (AvgIpc) is 3.06. The van der Waals surface area contributed by atoms with Crippen LogP contribution in [0.15, 0.2) is 48.2 Å². The lowest BCUT2D eigenvalue weighted by Crippen LogP contribution is -2.47. The zero-order valence-electron chi connectivity index (χ0n) is 19.6. The van der Waals surface area contributed by atoms with E-state index >= 15 is 0 Å². The molecule has 0 saturated carbocycles. The van der Waals surface area contributed by atoms with E-state index in [0.29, 0.717) is 35.7 Å². The molecule has 0 aromatic heterocycles. The van der Waals surface area contributed by atoms with E-state index in [1.165, 1.54) is 11.8 Å². The van der Waals surface area contributed by atoms with E-state index < -0.39 is 0 Å². The molecule has 0 atom stereocenters. The molecular weight excluding hydrogens is 416 g/mol. The van der Waals surface area contributed by atoms with E-state index in [2.05, 4.69) is 22.0 Å². The Hall–Kier alpha value is -3.45. The maximum Gasteiger partial charge on any atom is 0.282 e. The van der Waals surface area contributed by atoms with Crippen molar-refractivity contribution in [1.29, 1.82) is 0 Å². The predicted octanol–water partition coefficient (Wildman–Crippen LogP) is 3.18. The summed E-state index contributed by atoms with van der Waals surface area (Å²) in [5.41, 5.74) is 5.02. The van der Waals surface area contributed by atoms with Crippen molar-refractivity contribution in [2.75, 3.05) is 42.9 Å². The maximum atomic E-state index is 13.7. The third kappa shape index (κ3) is 4.41. The molecule has 0 aliphatic carbocycles. The Morgan fingerprint density at radius 1 is 0.909 bits per heavy atom. The lowest BCUT2D eigenvalue weighted by atomic mass is 9.99. The highest BCUT2D eigenvalue weighted by molar-refractivity contribution is 6.45. The minimum atomic E-state index is -0.316. The quantitative estimate of drug-likeness (QED) is 0.715. The van der Waals surface area contributed by atoms with Crippen LogP contribution in [0.5, 0.6) is 0 Å². The number of imide groups is 1. The molecule has 2 aromatic carbocycles. The van der Waals surface area contributed by atoms with Crippen molar-refractivity contribution in [3.63, 3.8) is 0 Å². The van der Waals surface area contributed by atoms with Crippen molar-refractivity contribution < 1.29 is 14.4 Å². The highest BCUT2D eigenvalue weighted by atomic mass is 16.2. The summed E-state index contributed by atoms with van der Waals surface area (Å²) in [5, 5.41) is 2.71. The number of aryl methyl sites for hydroxylation is 2. The molecule has 2 heterocycles. The SMILES string of the molecule is CCN1CCN(C2=C(c3ccc(C)c(C)c3)C(=O)N(c3ccc(NC(C)=O)cc3)C2=O)CC1. The zero-order valence-corrected chi connectivity index (χ0v) is 19.6. The van der Waals surface area contributed by atoms with Gasteiger partial charge in [-0.15, -0.1) is 0 Å². The van der Waals surface area contributed by atoms with E-state index in [4.69, 9.17) is 0 Å². The molecule has 0 spiro atoms. The maximum absolute atomic E-state index is 13.7. The normalized spacial score (nSPS) is 17.2. The molecule has 33 heavy (non-hydrogen) atoms. The highest BCUT2D eigenvalue weighted by Gasteiger charge is 2.43.